The molecule has 0 radical (unpaired) electrons. The molecule has 112 valence electrons. The molecule has 0 saturated heterocycles. The molecule has 0 bridgehead atoms. The SMILES string of the molecule is CC(C)Nc1nc2ccc(-c3cn[nH]c3)nc2cc1C(N)=O. The van der Waals surface area contributed by atoms with Crippen LogP contribution in [0.5, 0.6) is 0 Å². The van der Waals surface area contributed by atoms with Gasteiger partial charge in [-0.1, -0.05) is 0 Å². The van der Waals surface area contributed by atoms with Crippen molar-refractivity contribution in [3.63, 3.8) is 0 Å². The summed E-state index contributed by atoms with van der Waals surface area (Å²) >= 11 is 0. The molecule has 3 aromatic heterocycles. The second-order valence-corrected chi connectivity index (χ2v) is 5.27. The number of aromatic nitrogens is 4. The Kier molecular flexibility index (Phi) is 3.46. The third kappa shape index (κ3) is 2.60. The minimum Gasteiger partial charge on any atom is -0.367 e. The van der Waals surface area contributed by atoms with Gasteiger partial charge in [0.05, 0.1) is 28.5 Å². The lowest BCUT2D eigenvalue weighted by molar-refractivity contribution is 0.100. The van der Waals surface area contributed by atoms with Gasteiger partial charge in [-0.3, -0.25) is 9.89 Å². The van der Waals surface area contributed by atoms with Crippen LogP contribution in [-0.2, 0) is 0 Å². The van der Waals surface area contributed by atoms with Gasteiger partial charge in [0.1, 0.15) is 5.82 Å². The molecule has 0 spiro atoms. The number of anilines is 1. The Hall–Kier alpha value is -2.96. The van der Waals surface area contributed by atoms with Gasteiger partial charge in [-0.05, 0) is 32.0 Å². The molecule has 3 rings (SSSR count). The van der Waals surface area contributed by atoms with E-state index in [1.807, 2.05) is 26.0 Å². The Morgan fingerprint density at radius 1 is 1.27 bits per heavy atom. The second kappa shape index (κ2) is 5.44. The number of fused-ring (bicyclic) bond motifs is 1. The normalized spacial score (nSPS) is 11.0. The van der Waals surface area contributed by atoms with Gasteiger partial charge in [0.2, 0.25) is 0 Å². The summed E-state index contributed by atoms with van der Waals surface area (Å²) in [6.07, 6.45) is 3.44. The number of nitrogens with zero attached hydrogens (tertiary/aromatic N) is 3. The molecule has 7 nitrogen and oxygen atoms in total. The Morgan fingerprint density at radius 2 is 2.09 bits per heavy atom. The first-order chi connectivity index (χ1) is 10.5. The zero-order valence-corrected chi connectivity index (χ0v) is 12.3. The van der Waals surface area contributed by atoms with Crippen molar-refractivity contribution in [1.82, 2.24) is 20.2 Å². The monoisotopic (exact) mass is 296 g/mol. The molecule has 0 fully saturated rings. The molecule has 0 aliphatic heterocycles. The highest BCUT2D eigenvalue weighted by Gasteiger charge is 2.14. The summed E-state index contributed by atoms with van der Waals surface area (Å²) in [4.78, 5) is 20.6. The van der Waals surface area contributed by atoms with Gasteiger partial charge in [-0.15, -0.1) is 0 Å². The molecule has 3 heterocycles. The molecule has 4 N–H and O–H groups in total. The summed E-state index contributed by atoms with van der Waals surface area (Å²) in [6.45, 7) is 3.94. The van der Waals surface area contributed by atoms with Crippen LogP contribution in [0.3, 0.4) is 0 Å². The van der Waals surface area contributed by atoms with E-state index in [0.717, 1.165) is 11.3 Å². The van der Waals surface area contributed by atoms with E-state index in [4.69, 9.17) is 5.73 Å². The van der Waals surface area contributed by atoms with Crippen LogP contribution in [0.15, 0.2) is 30.6 Å². The summed E-state index contributed by atoms with van der Waals surface area (Å²) in [5, 5.41) is 9.79. The lowest BCUT2D eigenvalue weighted by Gasteiger charge is -2.13. The third-order valence-electron chi connectivity index (χ3n) is 3.16. The van der Waals surface area contributed by atoms with Crippen molar-refractivity contribution in [2.75, 3.05) is 5.32 Å². The van der Waals surface area contributed by atoms with Crippen LogP contribution < -0.4 is 11.1 Å². The molecule has 0 atom stereocenters. The van der Waals surface area contributed by atoms with E-state index in [1.165, 1.54) is 0 Å². The number of nitrogens with one attached hydrogen (secondary N) is 2. The fourth-order valence-corrected chi connectivity index (χ4v) is 2.18. The maximum atomic E-state index is 11.7. The molecular formula is C15H16N6O. The number of carbonyl (C=O) groups excluding carboxylic acids is 1. The first kappa shape index (κ1) is 14.0. The maximum absolute atomic E-state index is 11.7. The van der Waals surface area contributed by atoms with Crippen molar-refractivity contribution < 1.29 is 4.79 Å². The first-order valence-electron chi connectivity index (χ1n) is 6.92. The fourth-order valence-electron chi connectivity index (χ4n) is 2.18. The van der Waals surface area contributed by atoms with E-state index in [0.29, 0.717) is 22.4 Å². The van der Waals surface area contributed by atoms with Crippen molar-refractivity contribution in [1.29, 1.82) is 0 Å². The lowest BCUT2D eigenvalue weighted by atomic mass is 10.1. The quantitative estimate of drug-likeness (QED) is 0.681. The number of hydrogen-bond donors (Lipinski definition) is 3. The van der Waals surface area contributed by atoms with Gasteiger partial charge in [0, 0.05) is 17.8 Å². The van der Waals surface area contributed by atoms with Gasteiger partial charge in [0.15, 0.2) is 0 Å². The molecule has 3 aromatic rings. The van der Waals surface area contributed by atoms with Crippen LogP contribution >= 0.6 is 0 Å². The van der Waals surface area contributed by atoms with Crippen molar-refractivity contribution in [2.24, 2.45) is 5.73 Å². The summed E-state index contributed by atoms with van der Waals surface area (Å²) < 4.78 is 0. The van der Waals surface area contributed by atoms with Crippen molar-refractivity contribution in [2.45, 2.75) is 19.9 Å². The van der Waals surface area contributed by atoms with E-state index in [-0.39, 0.29) is 6.04 Å². The van der Waals surface area contributed by atoms with Crippen molar-refractivity contribution in [3.05, 3.63) is 36.2 Å². The van der Waals surface area contributed by atoms with Gasteiger partial charge >= 0.3 is 0 Å². The minimum atomic E-state index is -0.534. The van der Waals surface area contributed by atoms with Crippen LogP contribution in [0.25, 0.3) is 22.3 Å². The second-order valence-electron chi connectivity index (χ2n) is 5.27. The highest BCUT2D eigenvalue weighted by Crippen LogP contribution is 2.23. The van der Waals surface area contributed by atoms with Crippen LogP contribution in [-0.4, -0.2) is 32.1 Å². The van der Waals surface area contributed by atoms with Gasteiger partial charge in [-0.25, -0.2) is 9.97 Å². The minimum absolute atomic E-state index is 0.140. The van der Waals surface area contributed by atoms with E-state index in [9.17, 15) is 4.79 Å². The van der Waals surface area contributed by atoms with Gasteiger partial charge in [0.25, 0.3) is 5.91 Å². The van der Waals surface area contributed by atoms with Gasteiger partial charge in [-0.2, -0.15) is 5.10 Å². The Bertz CT molecular complexity index is 825. The van der Waals surface area contributed by atoms with Gasteiger partial charge < -0.3 is 11.1 Å². The number of amides is 1. The highest BCUT2D eigenvalue weighted by atomic mass is 16.1. The van der Waals surface area contributed by atoms with E-state index in [1.54, 1.807) is 18.5 Å². The average molecular weight is 296 g/mol. The molecule has 22 heavy (non-hydrogen) atoms. The predicted molar refractivity (Wildman–Crippen MR) is 84.4 cm³/mol. The van der Waals surface area contributed by atoms with Crippen LogP contribution in [0, 0.1) is 0 Å². The third-order valence-corrected chi connectivity index (χ3v) is 3.16. The Labute approximate surface area is 127 Å². The number of rotatable bonds is 4. The fraction of sp³-hybridized carbons (Fsp3) is 0.200. The molecule has 0 aliphatic rings. The highest BCUT2D eigenvalue weighted by molar-refractivity contribution is 6.00. The number of primary amides is 1. The number of pyridine rings is 2. The molecule has 7 heteroatoms. The standard InChI is InChI=1S/C15H16N6O/c1-8(2)19-15-10(14(16)22)5-13-12(21-15)4-3-11(20-13)9-6-17-18-7-9/h3-8H,1-2H3,(H2,16,22)(H,17,18)(H,19,21). The molecule has 0 aromatic carbocycles. The van der Waals surface area contributed by atoms with E-state index in [2.05, 4.69) is 25.5 Å². The van der Waals surface area contributed by atoms with Crippen molar-refractivity contribution in [3.8, 4) is 11.3 Å². The molecule has 0 unspecified atom stereocenters. The molecular weight excluding hydrogens is 280 g/mol. The Morgan fingerprint density at radius 3 is 2.73 bits per heavy atom. The number of H-pyrrole nitrogens is 1. The predicted octanol–water partition coefficient (Wildman–Crippen LogP) is 1.94. The number of aromatic amines is 1. The van der Waals surface area contributed by atoms with Crippen LogP contribution in [0.1, 0.15) is 24.2 Å². The largest absolute Gasteiger partial charge is 0.367 e. The van der Waals surface area contributed by atoms with E-state index >= 15 is 0 Å². The number of nitrogens with two attached hydrogens (primary N) is 1. The van der Waals surface area contributed by atoms with Crippen LogP contribution in [0.2, 0.25) is 0 Å². The average Bonchev–Trinajstić information content (AvgIpc) is 2.99. The maximum Gasteiger partial charge on any atom is 0.252 e. The van der Waals surface area contributed by atoms with E-state index < -0.39 is 5.91 Å². The first-order valence-corrected chi connectivity index (χ1v) is 6.92. The number of hydrogen-bond acceptors (Lipinski definition) is 5. The Balaban J connectivity index is 2.15. The summed E-state index contributed by atoms with van der Waals surface area (Å²) in [5.41, 5.74) is 8.71. The molecule has 0 saturated carbocycles. The summed E-state index contributed by atoms with van der Waals surface area (Å²) in [5.74, 6) is -0.0547. The molecule has 0 aliphatic carbocycles. The van der Waals surface area contributed by atoms with Crippen molar-refractivity contribution >= 4 is 22.8 Å². The lowest BCUT2D eigenvalue weighted by Crippen LogP contribution is -2.19. The number of carbonyl (C=O) groups is 1. The zero-order chi connectivity index (χ0) is 15.7. The molecule has 1 amide bonds. The summed E-state index contributed by atoms with van der Waals surface area (Å²) in [6, 6.07) is 5.53. The zero-order valence-electron chi connectivity index (χ0n) is 12.3. The smallest absolute Gasteiger partial charge is 0.252 e. The topological polar surface area (TPSA) is 110 Å². The van der Waals surface area contributed by atoms with Crippen LogP contribution in [0.4, 0.5) is 5.82 Å². The summed E-state index contributed by atoms with van der Waals surface area (Å²) in [7, 11) is 0.